The molecular weight excluding hydrogens is 226 g/mol. The smallest absolute Gasteiger partial charge is 0.287 e. The van der Waals surface area contributed by atoms with E-state index in [4.69, 9.17) is 9.52 Å². The molecule has 0 radical (unpaired) electrons. The maximum absolute atomic E-state index is 11.8. The largest absolute Gasteiger partial charge is 0.459 e. The van der Waals surface area contributed by atoms with E-state index < -0.39 is 0 Å². The lowest BCUT2D eigenvalue weighted by molar-refractivity contribution is 0.0907. The summed E-state index contributed by atoms with van der Waals surface area (Å²) in [5, 5.41) is 11.9. The molecule has 90 valence electrons. The summed E-state index contributed by atoms with van der Waals surface area (Å²) in [6.45, 7) is 3.73. The summed E-state index contributed by atoms with van der Waals surface area (Å²) in [4.78, 5) is 11.8. The molecule has 1 aromatic heterocycles. The number of amides is 1. The van der Waals surface area contributed by atoms with Crippen molar-refractivity contribution < 1.29 is 14.3 Å². The Bertz CT molecular complexity index is 347. The first-order chi connectivity index (χ1) is 7.60. The first kappa shape index (κ1) is 13.1. The van der Waals surface area contributed by atoms with Gasteiger partial charge in [-0.15, -0.1) is 0 Å². The molecule has 16 heavy (non-hydrogen) atoms. The van der Waals surface area contributed by atoms with Crippen molar-refractivity contribution >= 4 is 17.7 Å². The molecule has 0 bridgehead atoms. The first-order valence-electron chi connectivity index (χ1n) is 5.08. The van der Waals surface area contributed by atoms with Gasteiger partial charge in [-0.05, 0) is 26.2 Å². The second-order valence-electron chi connectivity index (χ2n) is 3.65. The van der Waals surface area contributed by atoms with Gasteiger partial charge in [-0.3, -0.25) is 4.79 Å². The highest BCUT2D eigenvalue weighted by molar-refractivity contribution is 7.99. The highest BCUT2D eigenvalue weighted by atomic mass is 32.2. The van der Waals surface area contributed by atoms with Crippen LogP contribution in [-0.4, -0.2) is 35.2 Å². The van der Waals surface area contributed by atoms with Crippen molar-refractivity contribution in [2.45, 2.75) is 25.1 Å². The van der Waals surface area contributed by atoms with Crippen LogP contribution in [0.3, 0.4) is 0 Å². The molecule has 2 atom stereocenters. The number of hydrogen-bond donors (Lipinski definition) is 2. The number of aliphatic hydroxyl groups is 1. The predicted molar refractivity (Wildman–Crippen MR) is 64.8 cm³/mol. The Balaban J connectivity index is 2.61. The Kier molecular flexibility index (Phi) is 4.89. The summed E-state index contributed by atoms with van der Waals surface area (Å²) < 4.78 is 5.09. The molecule has 0 saturated heterocycles. The van der Waals surface area contributed by atoms with Crippen molar-refractivity contribution in [2.75, 3.05) is 12.9 Å². The lowest BCUT2D eigenvalue weighted by Gasteiger charge is -2.20. The second-order valence-corrected chi connectivity index (χ2v) is 4.73. The number of aryl methyl sites for hydroxylation is 1. The van der Waals surface area contributed by atoms with Crippen LogP contribution in [-0.2, 0) is 0 Å². The average molecular weight is 243 g/mol. The summed E-state index contributed by atoms with van der Waals surface area (Å²) in [6, 6.07) is 1.65. The quantitative estimate of drug-likeness (QED) is 0.821. The van der Waals surface area contributed by atoms with Gasteiger partial charge >= 0.3 is 0 Å². The molecule has 0 aliphatic rings. The normalized spacial score (nSPS) is 14.5. The Hall–Kier alpha value is -0.940. The number of nitrogens with one attached hydrogen (secondary N) is 1. The fourth-order valence-corrected chi connectivity index (χ4v) is 2.03. The van der Waals surface area contributed by atoms with Gasteiger partial charge in [-0.25, -0.2) is 0 Å². The zero-order valence-corrected chi connectivity index (χ0v) is 10.5. The highest BCUT2D eigenvalue weighted by Gasteiger charge is 2.20. The van der Waals surface area contributed by atoms with Gasteiger partial charge in [0.05, 0.1) is 12.9 Å². The molecule has 0 spiro atoms. The van der Waals surface area contributed by atoms with Gasteiger partial charge in [0.15, 0.2) is 5.76 Å². The number of hydrogen-bond acceptors (Lipinski definition) is 4. The minimum atomic E-state index is -0.234. The van der Waals surface area contributed by atoms with E-state index in [-0.39, 0.29) is 23.8 Å². The Morgan fingerprint density at radius 3 is 2.81 bits per heavy atom. The van der Waals surface area contributed by atoms with Crippen LogP contribution in [0, 0.1) is 6.92 Å². The van der Waals surface area contributed by atoms with Gasteiger partial charge in [-0.1, -0.05) is 0 Å². The van der Waals surface area contributed by atoms with Crippen LogP contribution < -0.4 is 5.32 Å². The third kappa shape index (κ3) is 3.02. The lowest BCUT2D eigenvalue weighted by atomic mass is 10.2. The summed E-state index contributed by atoms with van der Waals surface area (Å²) in [5.74, 6) is 0.104. The van der Waals surface area contributed by atoms with Crippen molar-refractivity contribution in [1.29, 1.82) is 0 Å². The summed E-state index contributed by atoms with van der Waals surface area (Å²) >= 11 is 1.53. The molecule has 0 fully saturated rings. The number of rotatable bonds is 5. The maximum atomic E-state index is 11.8. The van der Waals surface area contributed by atoms with Crippen LogP contribution in [0.2, 0.25) is 0 Å². The third-order valence-corrected chi connectivity index (χ3v) is 3.63. The molecule has 5 heteroatoms. The van der Waals surface area contributed by atoms with Crippen LogP contribution in [0.25, 0.3) is 0 Å². The van der Waals surface area contributed by atoms with E-state index in [2.05, 4.69) is 5.32 Å². The predicted octanol–water partition coefficient (Wildman–Crippen LogP) is 1.43. The maximum Gasteiger partial charge on any atom is 0.287 e. The molecule has 2 unspecified atom stereocenters. The SMILES string of the molecule is CSC(CO)C(C)NC(=O)c1occc1C. The van der Waals surface area contributed by atoms with E-state index >= 15 is 0 Å². The van der Waals surface area contributed by atoms with Crippen molar-refractivity contribution in [3.05, 3.63) is 23.7 Å². The Morgan fingerprint density at radius 1 is 1.69 bits per heavy atom. The molecular formula is C11H17NO3S. The monoisotopic (exact) mass is 243 g/mol. The van der Waals surface area contributed by atoms with Crippen LogP contribution in [0.4, 0.5) is 0 Å². The Labute approximate surface area is 99.4 Å². The zero-order valence-electron chi connectivity index (χ0n) is 9.69. The van der Waals surface area contributed by atoms with Crippen LogP contribution in [0.5, 0.6) is 0 Å². The Morgan fingerprint density at radius 2 is 2.38 bits per heavy atom. The zero-order chi connectivity index (χ0) is 12.1. The standard InChI is InChI=1S/C11H17NO3S/c1-7-4-5-15-10(7)11(14)12-8(2)9(6-13)16-3/h4-5,8-9,13H,6H2,1-3H3,(H,12,14). The van der Waals surface area contributed by atoms with Crippen molar-refractivity contribution in [3.8, 4) is 0 Å². The fraction of sp³-hybridized carbons (Fsp3) is 0.545. The molecule has 1 aromatic rings. The summed E-state index contributed by atoms with van der Waals surface area (Å²) in [6.07, 6.45) is 3.40. The first-order valence-corrected chi connectivity index (χ1v) is 6.37. The van der Waals surface area contributed by atoms with E-state index in [1.807, 2.05) is 20.1 Å². The number of carbonyl (C=O) groups excluding carboxylic acids is 1. The number of aliphatic hydroxyl groups excluding tert-OH is 1. The van der Waals surface area contributed by atoms with E-state index in [9.17, 15) is 4.79 Å². The topological polar surface area (TPSA) is 62.5 Å². The number of carbonyl (C=O) groups is 1. The minimum absolute atomic E-state index is 0.000724. The van der Waals surface area contributed by atoms with E-state index in [0.29, 0.717) is 5.76 Å². The number of thioether (sulfide) groups is 1. The molecule has 0 aromatic carbocycles. The van der Waals surface area contributed by atoms with Crippen molar-refractivity contribution in [3.63, 3.8) is 0 Å². The summed E-state index contributed by atoms with van der Waals surface area (Å²) in [7, 11) is 0. The summed E-state index contributed by atoms with van der Waals surface area (Å²) in [5.41, 5.74) is 0.814. The van der Waals surface area contributed by atoms with E-state index in [0.717, 1.165) is 5.56 Å². The van der Waals surface area contributed by atoms with Gasteiger partial charge in [0, 0.05) is 16.9 Å². The molecule has 4 nitrogen and oxygen atoms in total. The van der Waals surface area contributed by atoms with Crippen LogP contribution in [0.15, 0.2) is 16.7 Å². The number of furan rings is 1. The minimum Gasteiger partial charge on any atom is -0.459 e. The van der Waals surface area contributed by atoms with Crippen molar-refractivity contribution in [1.82, 2.24) is 5.32 Å². The second kappa shape index (κ2) is 5.96. The average Bonchev–Trinajstić information content (AvgIpc) is 2.66. The molecule has 0 aliphatic carbocycles. The van der Waals surface area contributed by atoms with Gasteiger partial charge in [0.2, 0.25) is 0 Å². The van der Waals surface area contributed by atoms with Gasteiger partial charge < -0.3 is 14.8 Å². The van der Waals surface area contributed by atoms with Gasteiger partial charge in [0.1, 0.15) is 0 Å². The van der Waals surface area contributed by atoms with Crippen molar-refractivity contribution in [2.24, 2.45) is 0 Å². The van der Waals surface area contributed by atoms with Crippen LogP contribution >= 0.6 is 11.8 Å². The van der Waals surface area contributed by atoms with E-state index in [1.54, 1.807) is 6.07 Å². The van der Waals surface area contributed by atoms with Gasteiger partial charge in [-0.2, -0.15) is 11.8 Å². The molecule has 0 aliphatic heterocycles. The molecule has 2 N–H and O–H groups in total. The molecule has 1 rings (SSSR count). The molecule has 1 amide bonds. The molecule has 1 heterocycles. The fourth-order valence-electron chi connectivity index (χ4n) is 1.41. The lowest BCUT2D eigenvalue weighted by Crippen LogP contribution is -2.41. The van der Waals surface area contributed by atoms with Gasteiger partial charge in [0.25, 0.3) is 5.91 Å². The van der Waals surface area contributed by atoms with E-state index in [1.165, 1.54) is 18.0 Å². The molecule has 0 saturated carbocycles. The van der Waals surface area contributed by atoms with Crippen LogP contribution in [0.1, 0.15) is 23.0 Å². The highest BCUT2D eigenvalue weighted by Crippen LogP contribution is 2.13. The third-order valence-electron chi connectivity index (χ3n) is 2.47.